The summed E-state index contributed by atoms with van der Waals surface area (Å²) in [5, 5.41) is 8.90. The standard InChI is InChI=1S/C23H20N4O3S/c1-2-30-19-11-7-6-10-17(19)25-22(29)24-16-12-13-20-18(14-16)26-23(31-20)27-21(28)15-8-4-3-5-9-15/h3-14H,2H2,1H3,(H2,24,25,29)(H,26,27,28). The topological polar surface area (TPSA) is 92.4 Å². The number of benzene rings is 3. The molecule has 0 unspecified atom stereocenters. The lowest BCUT2D eigenvalue weighted by molar-refractivity contribution is 0.102. The van der Waals surface area contributed by atoms with Crippen molar-refractivity contribution in [3.63, 3.8) is 0 Å². The summed E-state index contributed by atoms with van der Waals surface area (Å²) < 4.78 is 6.43. The number of nitrogens with zero attached hydrogens (tertiary/aromatic N) is 1. The molecular weight excluding hydrogens is 412 g/mol. The fourth-order valence-electron chi connectivity index (χ4n) is 2.95. The summed E-state index contributed by atoms with van der Waals surface area (Å²) >= 11 is 1.37. The summed E-state index contributed by atoms with van der Waals surface area (Å²) in [5.41, 5.74) is 2.42. The molecule has 3 N–H and O–H groups in total. The van der Waals surface area contributed by atoms with Gasteiger partial charge in [-0.1, -0.05) is 41.7 Å². The minimum atomic E-state index is -0.390. The van der Waals surface area contributed by atoms with Crippen molar-refractivity contribution in [3.8, 4) is 5.75 Å². The van der Waals surface area contributed by atoms with Crippen LogP contribution in [0.25, 0.3) is 10.2 Å². The maximum Gasteiger partial charge on any atom is 0.323 e. The molecule has 0 fully saturated rings. The molecule has 1 aromatic heterocycles. The quantitative estimate of drug-likeness (QED) is 0.370. The molecule has 3 aromatic carbocycles. The Labute approximate surface area is 183 Å². The SMILES string of the molecule is CCOc1ccccc1NC(=O)Nc1ccc2sc(NC(=O)c3ccccc3)nc2c1. The number of amides is 3. The van der Waals surface area contributed by atoms with E-state index in [1.54, 1.807) is 36.4 Å². The van der Waals surface area contributed by atoms with Gasteiger partial charge in [0.15, 0.2) is 5.13 Å². The molecular formula is C23H20N4O3S. The van der Waals surface area contributed by atoms with Crippen LogP contribution in [0.2, 0.25) is 0 Å². The third-order valence-corrected chi connectivity index (χ3v) is 5.29. The second-order valence-corrected chi connectivity index (χ2v) is 7.56. The van der Waals surface area contributed by atoms with Crippen molar-refractivity contribution >= 4 is 50.0 Å². The van der Waals surface area contributed by atoms with E-state index in [0.717, 1.165) is 4.70 Å². The summed E-state index contributed by atoms with van der Waals surface area (Å²) in [6, 6.07) is 21.2. The van der Waals surface area contributed by atoms with Crippen LogP contribution in [-0.2, 0) is 0 Å². The lowest BCUT2D eigenvalue weighted by Gasteiger charge is -2.12. The smallest absolute Gasteiger partial charge is 0.323 e. The van der Waals surface area contributed by atoms with E-state index in [1.165, 1.54) is 11.3 Å². The number of thiazole rings is 1. The third kappa shape index (κ3) is 4.99. The highest BCUT2D eigenvalue weighted by Gasteiger charge is 2.12. The highest BCUT2D eigenvalue weighted by molar-refractivity contribution is 7.22. The number of ether oxygens (including phenoxy) is 1. The van der Waals surface area contributed by atoms with Gasteiger partial charge in [0.1, 0.15) is 5.75 Å². The Bertz CT molecular complexity index is 1220. The fourth-order valence-corrected chi connectivity index (χ4v) is 3.79. The Kier molecular flexibility index (Phi) is 6.09. The van der Waals surface area contributed by atoms with Crippen LogP contribution in [0.4, 0.5) is 21.3 Å². The molecule has 0 atom stereocenters. The van der Waals surface area contributed by atoms with Gasteiger partial charge < -0.3 is 15.4 Å². The molecule has 0 saturated carbocycles. The lowest BCUT2D eigenvalue weighted by atomic mass is 10.2. The summed E-state index contributed by atoms with van der Waals surface area (Å²) in [7, 11) is 0. The summed E-state index contributed by atoms with van der Waals surface area (Å²) in [4.78, 5) is 29.2. The van der Waals surface area contributed by atoms with Gasteiger partial charge >= 0.3 is 6.03 Å². The van der Waals surface area contributed by atoms with Gasteiger partial charge in [-0.05, 0) is 49.4 Å². The van der Waals surface area contributed by atoms with Crippen LogP contribution in [0, 0.1) is 0 Å². The zero-order valence-corrected chi connectivity index (χ0v) is 17.5. The van der Waals surface area contributed by atoms with Crippen molar-refractivity contribution in [2.75, 3.05) is 22.6 Å². The Morgan fingerprint density at radius 2 is 1.71 bits per heavy atom. The van der Waals surface area contributed by atoms with Crippen molar-refractivity contribution in [1.82, 2.24) is 4.98 Å². The van der Waals surface area contributed by atoms with E-state index in [1.807, 2.05) is 43.3 Å². The first-order chi connectivity index (χ1) is 15.1. The first-order valence-corrected chi connectivity index (χ1v) is 10.5. The van der Waals surface area contributed by atoms with E-state index in [4.69, 9.17) is 4.74 Å². The molecule has 0 aliphatic carbocycles. The summed E-state index contributed by atoms with van der Waals surface area (Å²) in [6.45, 7) is 2.39. The average Bonchev–Trinajstić information content (AvgIpc) is 3.17. The number of aromatic nitrogens is 1. The number of hydrogen-bond acceptors (Lipinski definition) is 5. The minimum Gasteiger partial charge on any atom is -0.492 e. The van der Waals surface area contributed by atoms with Crippen LogP contribution in [-0.4, -0.2) is 23.5 Å². The number of carbonyl (C=O) groups excluding carboxylic acids is 2. The Hall–Kier alpha value is -3.91. The molecule has 0 aliphatic heterocycles. The highest BCUT2D eigenvalue weighted by Crippen LogP contribution is 2.29. The van der Waals surface area contributed by atoms with Gasteiger partial charge in [-0.25, -0.2) is 9.78 Å². The second kappa shape index (κ2) is 9.27. The number of rotatable bonds is 6. The van der Waals surface area contributed by atoms with Gasteiger partial charge in [-0.15, -0.1) is 0 Å². The maximum absolute atomic E-state index is 12.4. The predicted molar refractivity (Wildman–Crippen MR) is 124 cm³/mol. The number of urea groups is 1. The maximum atomic E-state index is 12.4. The van der Waals surface area contributed by atoms with Crippen molar-refractivity contribution < 1.29 is 14.3 Å². The van der Waals surface area contributed by atoms with Crippen LogP contribution in [0.1, 0.15) is 17.3 Å². The normalized spacial score (nSPS) is 10.5. The minimum absolute atomic E-state index is 0.217. The molecule has 0 bridgehead atoms. The van der Waals surface area contributed by atoms with Crippen LogP contribution in [0.15, 0.2) is 72.8 Å². The molecule has 1 heterocycles. The zero-order chi connectivity index (χ0) is 21.6. The van der Waals surface area contributed by atoms with Crippen molar-refractivity contribution in [2.45, 2.75) is 6.92 Å². The van der Waals surface area contributed by atoms with E-state index in [-0.39, 0.29) is 11.9 Å². The van der Waals surface area contributed by atoms with Crippen LogP contribution in [0.3, 0.4) is 0 Å². The first kappa shape index (κ1) is 20.4. The number of nitrogens with one attached hydrogen (secondary N) is 3. The Balaban J connectivity index is 1.44. The van der Waals surface area contributed by atoms with Gasteiger partial charge in [0.05, 0.1) is 22.5 Å². The van der Waals surface area contributed by atoms with E-state index in [2.05, 4.69) is 20.9 Å². The predicted octanol–water partition coefficient (Wildman–Crippen LogP) is 5.59. The largest absolute Gasteiger partial charge is 0.492 e. The van der Waals surface area contributed by atoms with E-state index in [9.17, 15) is 9.59 Å². The van der Waals surface area contributed by atoms with Crippen LogP contribution >= 0.6 is 11.3 Å². The molecule has 4 rings (SSSR count). The summed E-state index contributed by atoms with van der Waals surface area (Å²) in [6.07, 6.45) is 0. The number of hydrogen-bond donors (Lipinski definition) is 3. The van der Waals surface area contributed by atoms with E-state index >= 15 is 0 Å². The Morgan fingerprint density at radius 1 is 0.935 bits per heavy atom. The molecule has 0 spiro atoms. The molecule has 0 radical (unpaired) electrons. The molecule has 0 aliphatic rings. The van der Waals surface area contributed by atoms with Crippen molar-refractivity contribution in [1.29, 1.82) is 0 Å². The molecule has 3 amide bonds. The molecule has 31 heavy (non-hydrogen) atoms. The fraction of sp³-hybridized carbons (Fsp3) is 0.0870. The van der Waals surface area contributed by atoms with E-state index < -0.39 is 0 Å². The molecule has 4 aromatic rings. The average molecular weight is 433 g/mol. The number of carbonyl (C=O) groups is 2. The van der Waals surface area contributed by atoms with Crippen molar-refractivity contribution in [3.05, 3.63) is 78.4 Å². The Morgan fingerprint density at radius 3 is 2.52 bits per heavy atom. The molecule has 156 valence electrons. The van der Waals surface area contributed by atoms with Gasteiger partial charge in [0.2, 0.25) is 0 Å². The molecule has 7 nitrogen and oxygen atoms in total. The summed E-state index contributed by atoms with van der Waals surface area (Å²) in [5.74, 6) is 0.388. The lowest BCUT2D eigenvalue weighted by Crippen LogP contribution is -2.19. The number of fused-ring (bicyclic) bond motifs is 1. The van der Waals surface area contributed by atoms with E-state index in [0.29, 0.717) is 39.9 Å². The third-order valence-electron chi connectivity index (χ3n) is 4.34. The molecule has 8 heteroatoms. The number of para-hydroxylation sites is 2. The van der Waals surface area contributed by atoms with Gasteiger partial charge in [0, 0.05) is 11.3 Å². The van der Waals surface area contributed by atoms with Gasteiger partial charge in [0.25, 0.3) is 5.91 Å². The van der Waals surface area contributed by atoms with Crippen LogP contribution < -0.4 is 20.7 Å². The van der Waals surface area contributed by atoms with Gasteiger partial charge in [-0.3, -0.25) is 10.1 Å². The molecule has 0 saturated heterocycles. The van der Waals surface area contributed by atoms with Crippen molar-refractivity contribution in [2.24, 2.45) is 0 Å². The number of anilines is 3. The monoisotopic (exact) mass is 432 g/mol. The van der Waals surface area contributed by atoms with Gasteiger partial charge in [-0.2, -0.15) is 0 Å². The van der Waals surface area contributed by atoms with Crippen LogP contribution in [0.5, 0.6) is 5.75 Å². The highest BCUT2D eigenvalue weighted by atomic mass is 32.1. The first-order valence-electron chi connectivity index (χ1n) is 9.69. The zero-order valence-electron chi connectivity index (χ0n) is 16.7. The second-order valence-electron chi connectivity index (χ2n) is 6.53.